The van der Waals surface area contributed by atoms with Crippen molar-refractivity contribution in [3.05, 3.63) is 53.9 Å². The van der Waals surface area contributed by atoms with Crippen LogP contribution in [0.2, 0.25) is 0 Å². The first-order valence-corrected chi connectivity index (χ1v) is 6.42. The van der Waals surface area contributed by atoms with Crippen LogP contribution in [-0.4, -0.2) is 28.1 Å². The van der Waals surface area contributed by atoms with Crippen molar-refractivity contribution in [2.75, 3.05) is 7.05 Å². The van der Waals surface area contributed by atoms with Crippen LogP contribution < -0.4 is 0 Å². The number of hydrogen-bond acceptors (Lipinski definition) is 2. The molecular formula is C15H19N3O. The molecule has 0 aliphatic heterocycles. The second-order valence-electron chi connectivity index (χ2n) is 4.99. The number of rotatable bonds is 4. The van der Waals surface area contributed by atoms with E-state index < -0.39 is 0 Å². The van der Waals surface area contributed by atoms with Crippen LogP contribution >= 0.6 is 0 Å². The molecule has 1 heterocycles. The number of nitrogens with zero attached hydrogens (tertiary/aromatic N) is 2. The minimum absolute atomic E-state index is 0.0416. The summed E-state index contributed by atoms with van der Waals surface area (Å²) < 4.78 is 0. The average Bonchev–Trinajstić information content (AvgIpc) is 2.92. The number of H-pyrrole nitrogens is 1. The number of carbonyl (C=O) groups excluding carboxylic acids is 1. The van der Waals surface area contributed by atoms with Crippen LogP contribution in [0.3, 0.4) is 0 Å². The summed E-state index contributed by atoms with van der Waals surface area (Å²) in [6, 6.07) is 11.8. The largest absolute Gasteiger partial charge is 0.333 e. The molecule has 2 aromatic rings. The van der Waals surface area contributed by atoms with Crippen molar-refractivity contribution in [2.24, 2.45) is 5.92 Å². The zero-order valence-electron chi connectivity index (χ0n) is 11.5. The molecule has 1 N–H and O–H groups in total. The number of hydrogen-bond donors (Lipinski definition) is 1. The second-order valence-corrected chi connectivity index (χ2v) is 4.99. The average molecular weight is 257 g/mol. The Morgan fingerprint density at radius 3 is 2.42 bits per heavy atom. The molecule has 0 bridgehead atoms. The van der Waals surface area contributed by atoms with E-state index in [1.54, 1.807) is 17.2 Å². The van der Waals surface area contributed by atoms with Crippen molar-refractivity contribution in [1.82, 2.24) is 15.1 Å². The highest BCUT2D eigenvalue weighted by molar-refractivity contribution is 5.92. The van der Waals surface area contributed by atoms with E-state index in [9.17, 15) is 4.79 Å². The summed E-state index contributed by atoms with van der Waals surface area (Å²) in [5, 5.41) is 6.55. The lowest BCUT2D eigenvalue weighted by molar-refractivity contribution is 0.0681. The Bertz CT molecular complexity index is 520. The van der Waals surface area contributed by atoms with Gasteiger partial charge in [-0.1, -0.05) is 44.2 Å². The molecule has 0 aliphatic carbocycles. The molecule has 0 aliphatic rings. The lowest BCUT2D eigenvalue weighted by Crippen LogP contribution is -2.34. The van der Waals surface area contributed by atoms with Crippen LogP contribution in [-0.2, 0) is 0 Å². The van der Waals surface area contributed by atoms with E-state index in [-0.39, 0.29) is 11.9 Å². The molecule has 1 amide bonds. The fourth-order valence-electron chi connectivity index (χ4n) is 2.40. The van der Waals surface area contributed by atoms with Gasteiger partial charge in [-0.3, -0.25) is 9.89 Å². The van der Waals surface area contributed by atoms with Gasteiger partial charge in [0.1, 0.15) is 5.69 Å². The van der Waals surface area contributed by atoms with Gasteiger partial charge in [0, 0.05) is 13.2 Å². The summed E-state index contributed by atoms with van der Waals surface area (Å²) in [6.45, 7) is 4.24. The van der Waals surface area contributed by atoms with Crippen LogP contribution in [0.4, 0.5) is 0 Å². The predicted octanol–water partition coefficient (Wildman–Crippen LogP) is 2.88. The highest BCUT2D eigenvalue weighted by atomic mass is 16.2. The van der Waals surface area contributed by atoms with Crippen LogP contribution in [0.25, 0.3) is 0 Å². The number of aromatic amines is 1. The Hall–Kier alpha value is -2.10. The molecule has 4 heteroatoms. The third-order valence-electron chi connectivity index (χ3n) is 3.24. The van der Waals surface area contributed by atoms with Crippen molar-refractivity contribution in [2.45, 2.75) is 19.9 Å². The van der Waals surface area contributed by atoms with Gasteiger partial charge < -0.3 is 4.90 Å². The quantitative estimate of drug-likeness (QED) is 0.915. The standard InChI is InChI=1S/C15H19N3O/c1-11(2)14(12-7-5-4-6-8-12)18(3)15(19)13-9-10-16-17-13/h4-11,14H,1-3H3,(H,16,17)/t14-/m1/s1. The van der Waals surface area contributed by atoms with Gasteiger partial charge in [0.2, 0.25) is 0 Å². The summed E-state index contributed by atoms with van der Waals surface area (Å²) in [4.78, 5) is 14.2. The Morgan fingerprint density at radius 2 is 1.89 bits per heavy atom. The highest BCUT2D eigenvalue weighted by Gasteiger charge is 2.25. The van der Waals surface area contributed by atoms with Gasteiger partial charge in [-0.05, 0) is 17.5 Å². The fourth-order valence-corrected chi connectivity index (χ4v) is 2.40. The van der Waals surface area contributed by atoms with E-state index in [1.165, 1.54) is 0 Å². The van der Waals surface area contributed by atoms with Gasteiger partial charge in [0.25, 0.3) is 5.91 Å². The Balaban J connectivity index is 2.27. The lowest BCUT2D eigenvalue weighted by atomic mass is 9.94. The minimum atomic E-state index is -0.0416. The fraction of sp³-hybridized carbons (Fsp3) is 0.333. The second kappa shape index (κ2) is 5.69. The Kier molecular flexibility index (Phi) is 4.00. The molecule has 0 spiro atoms. The molecule has 2 rings (SSSR count). The summed E-state index contributed by atoms with van der Waals surface area (Å²) in [5.74, 6) is 0.291. The molecule has 4 nitrogen and oxygen atoms in total. The third-order valence-corrected chi connectivity index (χ3v) is 3.24. The number of carbonyl (C=O) groups is 1. The number of aromatic nitrogens is 2. The van der Waals surface area contributed by atoms with Gasteiger partial charge in [0.15, 0.2) is 0 Å². The molecule has 0 saturated carbocycles. The maximum absolute atomic E-state index is 12.4. The van der Waals surface area contributed by atoms with Gasteiger partial charge in [-0.2, -0.15) is 5.10 Å². The first-order valence-electron chi connectivity index (χ1n) is 6.42. The molecule has 19 heavy (non-hydrogen) atoms. The van der Waals surface area contributed by atoms with Crippen molar-refractivity contribution < 1.29 is 4.79 Å². The maximum atomic E-state index is 12.4. The number of amides is 1. The molecule has 0 saturated heterocycles. The maximum Gasteiger partial charge on any atom is 0.272 e. The van der Waals surface area contributed by atoms with Crippen LogP contribution in [0.15, 0.2) is 42.6 Å². The predicted molar refractivity (Wildman–Crippen MR) is 74.7 cm³/mol. The molecular weight excluding hydrogens is 238 g/mol. The molecule has 0 fully saturated rings. The van der Waals surface area contributed by atoms with E-state index in [1.807, 2.05) is 25.2 Å². The molecule has 100 valence electrons. The van der Waals surface area contributed by atoms with Gasteiger partial charge in [-0.15, -0.1) is 0 Å². The van der Waals surface area contributed by atoms with E-state index in [2.05, 4.69) is 36.2 Å². The zero-order valence-corrected chi connectivity index (χ0v) is 11.5. The molecule has 0 unspecified atom stereocenters. The van der Waals surface area contributed by atoms with Gasteiger partial charge in [-0.25, -0.2) is 0 Å². The highest BCUT2D eigenvalue weighted by Crippen LogP contribution is 2.28. The van der Waals surface area contributed by atoms with Crippen molar-refractivity contribution >= 4 is 5.91 Å². The first kappa shape index (κ1) is 13.3. The van der Waals surface area contributed by atoms with Crippen LogP contribution in [0.5, 0.6) is 0 Å². The zero-order chi connectivity index (χ0) is 13.8. The third kappa shape index (κ3) is 2.84. The summed E-state index contributed by atoms with van der Waals surface area (Å²) in [6.07, 6.45) is 1.59. The SMILES string of the molecule is CC(C)[C@H](c1ccccc1)N(C)C(=O)c1ccn[nH]1. The summed E-state index contributed by atoms with van der Waals surface area (Å²) in [7, 11) is 1.83. The van der Waals surface area contributed by atoms with E-state index in [4.69, 9.17) is 0 Å². The van der Waals surface area contributed by atoms with E-state index >= 15 is 0 Å². The van der Waals surface area contributed by atoms with Crippen LogP contribution in [0, 0.1) is 5.92 Å². The monoisotopic (exact) mass is 257 g/mol. The first-order chi connectivity index (χ1) is 9.11. The van der Waals surface area contributed by atoms with Crippen LogP contribution in [0.1, 0.15) is 35.9 Å². The summed E-state index contributed by atoms with van der Waals surface area (Å²) >= 11 is 0. The lowest BCUT2D eigenvalue weighted by Gasteiger charge is -2.31. The Morgan fingerprint density at radius 1 is 1.21 bits per heavy atom. The summed E-state index contributed by atoms with van der Waals surface area (Å²) in [5.41, 5.74) is 1.66. The minimum Gasteiger partial charge on any atom is -0.333 e. The topological polar surface area (TPSA) is 49.0 Å². The molecule has 0 radical (unpaired) electrons. The number of benzene rings is 1. The smallest absolute Gasteiger partial charge is 0.272 e. The van der Waals surface area contributed by atoms with Gasteiger partial charge in [0.05, 0.1) is 6.04 Å². The normalized spacial score (nSPS) is 12.4. The van der Waals surface area contributed by atoms with Gasteiger partial charge >= 0.3 is 0 Å². The number of nitrogens with one attached hydrogen (secondary N) is 1. The van der Waals surface area contributed by atoms with Crippen molar-refractivity contribution in [1.29, 1.82) is 0 Å². The Labute approximate surface area is 113 Å². The van der Waals surface area contributed by atoms with E-state index in [0.717, 1.165) is 5.56 Å². The molecule has 1 aromatic carbocycles. The molecule has 1 atom stereocenters. The van der Waals surface area contributed by atoms with Crippen molar-refractivity contribution in [3.8, 4) is 0 Å². The van der Waals surface area contributed by atoms with Crippen molar-refractivity contribution in [3.63, 3.8) is 0 Å². The van der Waals surface area contributed by atoms with E-state index in [0.29, 0.717) is 11.6 Å². The molecule has 1 aromatic heterocycles.